The lowest BCUT2D eigenvalue weighted by Crippen LogP contribution is -2.27. The van der Waals surface area contributed by atoms with Crippen molar-refractivity contribution in [2.24, 2.45) is 5.41 Å². The van der Waals surface area contributed by atoms with Crippen molar-refractivity contribution in [3.63, 3.8) is 0 Å². The highest BCUT2D eigenvalue weighted by Crippen LogP contribution is 2.22. The number of aryl methyl sites for hydroxylation is 2. The van der Waals surface area contributed by atoms with E-state index in [0.717, 1.165) is 16.7 Å². The number of aromatic hydroxyl groups is 1. The standard InChI is InChI=1S/C14H20N2O/c1-10-5-12(6-11(2)13(10)17)7-16-9-14(3,4)8-15/h5-6,16-17H,7,9H2,1-4H3. The average molecular weight is 232 g/mol. The Hall–Kier alpha value is -1.53. The molecular weight excluding hydrogens is 212 g/mol. The number of benzene rings is 1. The minimum Gasteiger partial charge on any atom is -0.507 e. The molecule has 0 fully saturated rings. The summed E-state index contributed by atoms with van der Waals surface area (Å²) in [5.41, 5.74) is 2.57. The SMILES string of the molecule is Cc1cc(CNCC(C)(C)C#N)cc(C)c1O. The van der Waals surface area contributed by atoms with E-state index in [1.165, 1.54) is 0 Å². The monoisotopic (exact) mass is 232 g/mol. The fraction of sp³-hybridized carbons (Fsp3) is 0.500. The third kappa shape index (κ3) is 3.76. The predicted molar refractivity (Wildman–Crippen MR) is 68.7 cm³/mol. The fourth-order valence-electron chi connectivity index (χ4n) is 1.71. The van der Waals surface area contributed by atoms with E-state index in [1.807, 2.05) is 39.8 Å². The smallest absolute Gasteiger partial charge is 0.121 e. The van der Waals surface area contributed by atoms with Crippen LogP contribution in [0.15, 0.2) is 12.1 Å². The Balaban J connectivity index is 2.63. The van der Waals surface area contributed by atoms with Crippen LogP contribution >= 0.6 is 0 Å². The first-order valence-corrected chi connectivity index (χ1v) is 5.77. The molecule has 0 aliphatic heterocycles. The Morgan fingerprint density at radius 2 is 1.82 bits per heavy atom. The maximum Gasteiger partial charge on any atom is 0.121 e. The Morgan fingerprint density at radius 3 is 2.29 bits per heavy atom. The minimum atomic E-state index is -0.346. The summed E-state index contributed by atoms with van der Waals surface area (Å²) in [6.07, 6.45) is 0. The van der Waals surface area contributed by atoms with E-state index in [0.29, 0.717) is 18.8 Å². The van der Waals surface area contributed by atoms with Crippen molar-refractivity contribution in [1.29, 1.82) is 5.26 Å². The summed E-state index contributed by atoms with van der Waals surface area (Å²) in [5, 5.41) is 21.8. The van der Waals surface area contributed by atoms with Gasteiger partial charge in [-0.15, -0.1) is 0 Å². The lowest BCUT2D eigenvalue weighted by Gasteiger charge is -2.16. The van der Waals surface area contributed by atoms with Gasteiger partial charge in [0.1, 0.15) is 5.75 Å². The zero-order valence-corrected chi connectivity index (χ0v) is 11.0. The van der Waals surface area contributed by atoms with Crippen LogP contribution in [0, 0.1) is 30.6 Å². The van der Waals surface area contributed by atoms with Gasteiger partial charge < -0.3 is 10.4 Å². The van der Waals surface area contributed by atoms with E-state index in [9.17, 15) is 5.11 Å². The molecule has 92 valence electrons. The van der Waals surface area contributed by atoms with E-state index in [-0.39, 0.29) is 5.41 Å². The van der Waals surface area contributed by atoms with Gasteiger partial charge in [-0.2, -0.15) is 5.26 Å². The Kier molecular flexibility index (Phi) is 4.14. The molecule has 1 aromatic carbocycles. The van der Waals surface area contributed by atoms with Crippen LogP contribution in [0.5, 0.6) is 5.75 Å². The lowest BCUT2D eigenvalue weighted by atomic mass is 9.96. The van der Waals surface area contributed by atoms with Gasteiger partial charge in [0, 0.05) is 13.1 Å². The number of nitrogens with one attached hydrogen (secondary N) is 1. The van der Waals surface area contributed by atoms with Crippen molar-refractivity contribution < 1.29 is 5.11 Å². The Morgan fingerprint density at radius 1 is 1.29 bits per heavy atom. The highest BCUT2D eigenvalue weighted by molar-refractivity contribution is 5.42. The molecule has 0 bridgehead atoms. The summed E-state index contributed by atoms with van der Waals surface area (Å²) in [4.78, 5) is 0. The van der Waals surface area contributed by atoms with Gasteiger partial charge in [-0.05, 0) is 44.4 Å². The second kappa shape index (κ2) is 5.20. The third-order valence-electron chi connectivity index (χ3n) is 2.75. The molecule has 3 heteroatoms. The van der Waals surface area contributed by atoms with Crippen LogP contribution < -0.4 is 5.32 Å². The van der Waals surface area contributed by atoms with Gasteiger partial charge in [0.05, 0.1) is 11.5 Å². The first kappa shape index (κ1) is 13.5. The number of nitriles is 1. The molecule has 17 heavy (non-hydrogen) atoms. The zero-order chi connectivity index (χ0) is 13.1. The number of hydrogen-bond donors (Lipinski definition) is 2. The summed E-state index contributed by atoms with van der Waals surface area (Å²) >= 11 is 0. The summed E-state index contributed by atoms with van der Waals surface area (Å²) in [6.45, 7) is 8.98. The number of nitrogens with zero attached hydrogens (tertiary/aromatic N) is 1. The van der Waals surface area contributed by atoms with E-state index < -0.39 is 0 Å². The molecule has 0 atom stereocenters. The summed E-state index contributed by atoms with van der Waals surface area (Å²) in [5.74, 6) is 0.367. The molecule has 0 saturated heterocycles. The minimum absolute atomic E-state index is 0.346. The maximum atomic E-state index is 9.66. The van der Waals surface area contributed by atoms with Gasteiger partial charge in [-0.25, -0.2) is 0 Å². The lowest BCUT2D eigenvalue weighted by molar-refractivity contribution is 0.444. The molecule has 3 nitrogen and oxygen atoms in total. The maximum absolute atomic E-state index is 9.66. The van der Waals surface area contributed by atoms with Gasteiger partial charge in [-0.1, -0.05) is 12.1 Å². The van der Waals surface area contributed by atoms with Crippen molar-refractivity contribution in [2.75, 3.05) is 6.54 Å². The summed E-state index contributed by atoms with van der Waals surface area (Å²) in [7, 11) is 0. The summed E-state index contributed by atoms with van der Waals surface area (Å²) in [6, 6.07) is 6.19. The molecule has 0 heterocycles. The first-order valence-electron chi connectivity index (χ1n) is 5.77. The topological polar surface area (TPSA) is 56.0 Å². The molecule has 0 aliphatic carbocycles. The largest absolute Gasteiger partial charge is 0.507 e. The van der Waals surface area contributed by atoms with E-state index in [2.05, 4.69) is 11.4 Å². The van der Waals surface area contributed by atoms with Gasteiger partial charge >= 0.3 is 0 Å². The summed E-state index contributed by atoms with van der Waals surface area (Å²) < 4.78 is 0. The van der Waals surface area contributed by atoms with Crippen LogP contribution in [0.4, 0.5) is 0 Å². The first-order chi connectivity index (χ1) is 7.85. The Bertz CT molecular complexity index is 421. The zero-order valence-electron chi connectivity index (χ0n) is 11.0. The molecular formula is C14H20N2O. The van der Waals surface area contributed by atoms with Crippen LogP contribution in [-0.2, 0) is 6.54 Å². The molecule has 1 aromatic rings. The average Bonchev–Trinajstić information content (AvgIpc) is 2.25. The van der Waals surface area contributed by atoms with E-state index in [1.54, 1.807) is 0 Å². The predicted octanol–water partition coefficient (Wildman–Crippen LogP) is 2.65. The number of phenols is 1. The Labute approximate surface area is 103 Å². The molecule has 0 saturated carbocycles. The number of rotatable bonds is 4. The van der Waals surface area contributed by atoms with Crippen LogP contribution in [0.1, 0.15) is 30.5 Å². The highest BCUT2D eigenvalue weighted by Gasteiger charge is 2.15. The van der Waals surface area contributed by atoms with Crippen molar-refractivity contribution in [3.05, 3.63) is 28.8 Å². The third-order valence-corrected chi connectivity index (χ3v) is 2.75. The molecule has 0 unspecified atom stereocenters. The molecule has 0 aromatic heterocycles. The molecule has 0 spiro atoms. The van der Waals surface area contributed by atoms with Crippen molar-refractivity contribution in [1.82, 2.24) is 5.32 Å². The van der Waals surface area contributed by atoms with Crippen LogP contribution in [0.3, 0.4) is 0 Å². The van der Waals surface area contributed by atoms with E-state index >= 15 is 0 Å². The van der Waals surface area contributed by atoms with Crippen molar-refractivity contribution in [3.8, 4) is 11.8 Å². The molecule has 0 radical (unpaired) electrons. The molecule has 0 aliphatic rings. The van der Waals surface area contributed by atoms with Crippen molar-refractivity contribution >= 4 is 0 Å². The van der Waals surface area contributed by atoms with Crippen molar-refractivity contribution in [2.45, 2.75) is 34.2 Å². The highest BCUT2D eigenvalue weighted by atomic mass is 16.3. The van der Waals surface area contributed by atoms with Crippen LogP contribution in [0.2, 0.25) is 0 Å². The van der Waals surface area contributed by atoms with Crippen LogP contribution in [-0.4, -0.2) is 11.7 Å². The van der Waals surface area contributed by atoms with Gasteiger partial charge in [-0.3, -0.25) is 0 Å². The second-order valence-corrected chi connectivity index (χ2v) is 5.18. The number of phenolic OH excluding ortho intramolecular Hbond substituents is 1. The molecule has 1 rings (SSSR count). The normalized spacial score (nSPS) is 11.2. The van der Waals surface area contributed by atoms with Gasteiger partial charge in [0.2, 0.25) is 0 Å². The molecule has 2 N–H and O–H groups in total. The molecule has 0 amide bonds. The van der Waals surface area contributed by atoms with Crippen LogP contribution in [0.25, 0.3) is 0 Å². The number of hydrogen-bond acceptors (Lipinski definition) is 3. The quantitative estimate of drug-likeness (QED) is 0.839. The van der Waals surface area contributed by atoms with E-state index in [4.69, 9.17) is 5.26 Å². The fourth-order valence-corrected chi connectivity index (χ4v) is 1.71. The second-order valence-electron chi connectivity index (χ2n) is 5.18. The van der Waals surface area contributed by atoms with Gasteiger partial charge in [0.15, 0.2) is 0 Å². The van der Waals surface area contributed by atoms with Gasteiger partial charge in [0.25, 0.3) is 0 Å².